The van der Waals surface area contributed by atoms with Gasteiger partial charge in [-0.3, -0.25) is 0 Å². The molecule has 1 nitrogen and oxygen atoms in total. The summed E-state index contributed by atoms with van der Waals surface area (Å²) in [4.78, 5) is 0. The molecule has 0 radical (unpaired) electrons. The van der Waals surface area contributed by atoms with Gasteiger partial charge in [0.1, 0.15) is 0 Å². The molecule has 1 fully saturated rings. The molecular formula is C20H36O. The maximum absolute atomic E-state index is 6.38. The van der Waals surface area contributed by atoms with Gasteiger partial charge in [-0.15, -0.1) is 0 Å². The first-order valence-electron chi connectivity index (χ1n) is 8.68. The molecule has 1 saturated carbocycles. The van der Waals surface area contributed by atoms with Gasteiger partial charge < -0.3 is 4.74 Å². The van der Waals surface area contributed by atoms with Crippen molar-refractivity contribution in [3.63, 3.8) is 0 Å². The van der Waals surface area contributed by atoms with Crippen LogP contribution in [0.4, 0.5) is 0 Å². The van der Waals surface area contributed by atoms with Crippen LogP contribution in [0.5, 0.6) is 0 Å². The van der Waals surface area contributed by atoms with E-state index in [0.29, 0.717) is 11.5 Å². The summed E-state index contributed by atoms with van der Waals surface area (Å²) < 4.78 is 6.38. The van der Waals surface area contributed by atoms with Gasteiger partial charge in [-0.1, -0.05) is 51.5 Å². The number of ether oxygens (including phenoxy) is 1. The molecule has 0 aromatic carbocycles. The van der Waals surface area contributed by atoms with E-state index in [1.165, 1.54) is 31.3 Å². The van der Waals surface area contributed by atoms with Crippen molar-refractivity contribution in [2.75, 3.05) is 0 Å². The molecule has 1 aliphatic rings. The van der Waals surface area contributed by atoms with Gasteiger partial charge in [0.05, 0.1) is 11.7 Å². The van der Waals surface area contributed by atoms with E-state index in [0.717, 1.165) is 12.3 Å². The fraction of sp³-hybridized carbons (Fsp3) is 0.800. The summed E-state index contributed by atoms with van der Waals surface area (Å²) in [5.74, 6) is 0.852. The lowest BCUT2D eigenvalue weighted by Crippen LogP contribution is -2.34. The maximum atomic E-state index is 6.38. The zero-order valence-corrected chi connectivity index (χ0v) is 15.3. The van der Waals surface area contributed by atoms with Gasteiger partial charge in [0.25, 0.3) is 0 Å². The number of rotatable bonds is 5. The summed E-state index contributed by atoms with van der Waals surface area (Å²) in [5, 5.41) is 0. The fourth-order valence-electron chi connectivity index (χ4n) is 3.41. The van der Waals surface area contributed by atoms with Crippen LogP contribution in [0, 0.1) is 11.3 Å². The van der Waals surface area contributed by atoms with E-state index in [-0.39, 0.29) is 5.60 Å². The number of hydrogen-bond donors (Lipinski definition) is 0. The van der Waals surface area contributed by atoms with Crippen molar-refractivity contribution in [2.24, 2.45) is 11.3 Å². The largest absolute Gasteiger partial charge is 0.368 e. The second-order valence-electron chi connectivity index (χ2n) is 8.26. The standard InChI is InChI=1S/C20H36O/c1-8-9-10-16(2)15-20(6,7)21-18-13-11-17(12-14-18)19(3,4)5/h9-10,15,17-18H,8,11-14H2,1-7H3/b10-9-,16-15+. The molecule has 1 heteroatoms. The third-order valence-electron chi connectivity index (χ3n) is 4.56. The summed E-state index contributed by atoms with van der Waals surface area (Å²) in [7, 11) is 0. The Morgan fingerprint density at radius 1 is 1.05 bits per heavy atom. The van der Waals surface area contributed by atoms with Crippen molar-refractivity contribution >= 4 is 0 Å². The number of allylic oxidation sites excluding steroid dienone is 3. The van der Waals surface area contributed by atoms with Crippen LogP contribution >= 0.6 is 0 Å². The van der Waals surface area contributed by atoms with Gasteiger partial charge in [-0.05, 0) is 64.2 Å². The molecule has 0 aliphatic heterocycles. The average Bonchev–Trinajstić information content (AvgIpc) is 2.34. The molecule has 0 aromatic rings. The predicted molar refractivity (Wildman–Crippen MR) is 93.6 cm³/mol. The van der Waals surface area contributed by atoms with Crippen molar-refractivity contribution in [3.8, 4) is 0 Å². The van der Waals surface area contributed by atoms with Crippen LogP contribution in [-0.4, -0.2) is 11.7 Å². The third kappa shape index (κ3) is 6.82. The monoisotopic (exact) mass is 292 g/mol. The summed E-state index contributed by atoms with van der Waals surface area (Å²) >= 11 is 0. The van der Waals surface area contributed by atoms with Crippen molar-refractivity contribution in [1.29, 1.82) is 0 Å². The molecule has 0 spiro atoms. The normalized spacial score (nSPS) is 25.6. The van der Waals surface area contributed by atoms with Crippen LogP contribution in [0.2, 0.25) is 0 Å². The molecule has 0 saturated heterocycles. The molecule has 1 rings (SSSR count). The van der Waals surface area contributed by atoms with E-state index in [2.05, 4.69) is 66.7 Å². The molecule has 21 heavy (non-hydrogen) atoms. The molecule has 0 amide bonds. The summed E-state index contributed by atoms with van der Waals surface area (Å²) in [6.07, 6.45) is 13.2. The van der Waals surface area contributed by atoms with E-state index in [1.54, 1.807) is 0 Å². The van der Waals surface area contributed by atoms with Crippen LogP contribution in [0.3, 0.4) is 0 Å². The fourth-order valence-corrected chi connectivity index (χ4v) is 3.41. The number of hydrogen-bond acceptors (Lipinski definition) is 1. The van der Waals surface area contributed by atoms with Crippen molar-refractivity contribution < 1.29 is 4.74 Å². The summed E-state index contributed by atoms with van der Waals surface area (Å²) in [6, 6.07) is 0. The smallest absolute Gasteiger partial charge is 0.0815 e. The molecule has 0 aromatic heterocycles. The van der Waals surface area contributed by atoms with Gasteiger partial charge in [-0.25, -0.2) is 0 Å². The van der Waals surface area contributed by atoms with E-state index in [4.69, 9.17) is 4.74 Å². The lowest BCUT2D eigenvalue weighted by atomic mass is 9.72. The lowest BCUT2D eigenvalue weighted by Gasteiger charge is -2.39. The first-order chi connectivity index (χ1) is 9.64. The van der Waals surface area contributed by atoms with Gasteiger partial charge in [0.2, 0.25) is 0 Å². The van der Waals surface area contributed by atoms with Crippen LogP contribution in [0.25, 0.3) is 0 Å². The highest BCUT2D eigenvalue weighted by molar-refractivity contribution is 5.19. The molecule has 0 atom stereocenters. The molecule has 122 valence electrons. The second kappa shape index (κ2) is 7.63. The highest BCUT2D eigenvalue weighted by Gasteiger charge is 2.32. The van der Waals surface area contributed by atoms with Gasteiger partial charge in [0.15, 0.2) is 0 Å². The molecule has 0 bridgehead atoms. The minimum Gasteiger partial charge on any atom is -0.368 e. The van der Waals surface area contributed by atoms with Crippen LogP contribution in [0.15, 0.2) is 23.8 Å². The first kappa shape index (κ1) is 18.5. The van der Waals surface area contributed by atoms with Crippen molar-refractivity contribution in [3.05, 3.63) is 23.8 Å². The van der Waals surface area contributed by atoms with Crippen molar-refractivity contribution in [2.45, 2.75) is 92.3 Å². The molecular weight excluding hydrogens is 256 g/mol. The highest BCUT2D eigenvalue weighted by atomic mass is 16.5. The minimum atomic E-state index is -0.165. The van der Waals surface area contributed by atoms with Gasteiger partial charge in [-0.2, -0.15) is 0 Å². The summed E-state index contributed by atoms with van der Waals surface area (Å²) in [6.45, 7) is 15.8. The quantitative estimate of drug-likeness (QED) is 0.540. The van der Waals surface area contributed by atoms with E-state index >= 15 is 0 Å². The Balaban J connectivity index is 2.52. The lowest BCUT2D eigenvalue weighted by molar-refractivity contribution is -0.0683. The van der Waals surface area contributed by atoms with E-state index < -0.39 is 0 Å². The SMILES string of the molecule is CC/C=C\C(C)=C\C(C)(C)OC1CCC(C(C)(C)C)CC1. The second-order valence-corrected chi connectivity index (χ2v) is 8.26. The molecule has 1 aliphatic carbocycles. The molecule has 0 heterocycles. The van der Waals surface area contributed by atoms with Gasteiger partial charge in [0, 0.05) is 0 Å². The van der Waals surface area contributed by atoms with E-state index in [9.17, 15) is 0 Å². The Hall–Kier alpha value is -0.560. The predicted octanol–water partition coefficient (Wildman–Crippen LogP) is 6.30. The zero-order valence-electron chi connectivity index (χ0n) is 15.3. The van der Waals surface area contributed by atoms with Crippen LogP contribution < -0.4 is 0 Å². The van der Waals surface area contributed by atoms with Crippen LogP contribution in [0.1, 0.15) is 80.6 Å². The first-order valence-corrected chi connectivity index (χ1v) is 8.68. The topological polar surface area (TPSA) is 9.23 Å². The molecule has 0 N–H and O–H groups in total. The van der Waals surface area contributed by atoms with Crippen LogP contribution in [-0.2, 0) is 4.74 Å². The Kier molecular flexibility index (Phi) is 6.71. The Morgan fingerprint density at radius 3 is 2.10 bits per heavy atom. The van der Waals surface area contributed by atoms with Gasteiger partial charge >= 0.3 is 0 Å². The minimum absolute atomic E-state index is 0.165. The Morgan fingerprint density at radius 2 is 1.62 bits per heavy atom. The highest BCUT2D eigenvalue weighted by Crippen LogP contribution is 2.39. The summed E-state index contributed by atoms with van der Waals surface area (Å²) in [5.41, 5.74) is 1.58. The average molecular weight is 293 g/mol. The zero-order chi connectivity index (χ0) is 16.1. The van der Waals surface area contributed by atoms with E-state index in [1.807, 2.05) is 0 Å². The Labute approximate surface area is 132 Å². The Bertz CT molecular complexity index is 360. The maximum Gasteiger partial charge on any atom is 0.0815 e. The van der Waals surface area contributed by atoms with Crippen molar-refractivity contribution in [1.82, 2.24) is 0 Å². The third-order valence-corrected chi connectivity index (χ3v) is 4.56. The molecule has 0 unspecified atom stereocenters.